The number of esters is 1. The molecule has 6 heteroatoms. The molecule has 0 aliphatic carbocycles. The van der Waals surface area contributed by atoms with Gasteiger partial charge in [0, 0.05) is 5.39 Å². The van der Waals surface area contributed by atoms with Crippen molar-refractivity contribution in [2.75, 3.05) is 11.9 Å². The fraction of sp³-hybridized carbons (Fsp3) is 0.176. The highest BCUT2D eigenvalue weighted by Crippen LogP contribution is 2.25. The summed E-state index contributed by atoms with van der Waals surface area (Å²) in [7, 11) is 0. The van der Waals surface area contributed by atoms with E-state index in [-0.39, 0.29) is 5.91 Å². The van der Waals surface area contributed by atoms with E-state index in [1.54, 1.807) is 18.2 Å². The molecule has 2 aromatic heterocycles. The number of fused-ring (bicyclic) bond motifs is 1. The highest BCUT2D eigenvalue weighted by Gasteiger charge is 2.14. The smallest absolute Gasteiger partial charge is 0.354 e. The van der Waals surface area contributed by atoms with Crippen molar-refractivity contribution >= 4 is 39.8 Å². The topological polar surface area (TPSA) is 71.2 Å². The van der Waals surface area contributed by atoms with Crippen molar-refractivity contribution < 1.29 is 14.3 Å². The van der Waals surface area contributed by atoms with Crippen LogP contribution in [-0.4, -0.2) is 23.5 Å². The first-order chi connectivity index (χ1) is 11.2. The number of H-pyrrole nitrogens is 1. The van der Waals surface area contributed by atoms with Crippen LogP contribution in [0.15, 0.2) is 41.8 Å². The van der Waals surface area contributed by atoms with E-state index in [0.29, 0.717) is 28.4 Å². The molecule has 5 nitrogen and oxygen atoms in total. The van der Waals surface area contributed by atoms with Crippen molar-refractivity contribution in [3.05, 3.63) is 52.3 Å². The molecule has 3 rings (SSSR count). The summed E-state index contributed by atoms with van der Waals surface area (Å²) < 4.78 is 5.13. The Labute approximate surface area is 137 Å². The molecule has 23 heavy (non-hydrogen) atoms. The number of benzene rings is 1. The number of rotatable bonds is 5. The third-order valence-electron chi connectivity index (χ3n) is 3.31. The lowest BCUT2D eigenvalue weighted by atomic mass is 10.2. The number of carbonyl (C=O) groups excluding carboxylic acids is 2. The minimum atomic E-state index is -0.390. The molecule has 1 amide bonds. The van der Waals surface area contributed by atoms with Gasteiger partial charge in [-0.25, -0.2) is 4.79 Å². The summed E-state index contributed by atoms with van der Waals surface area (Å²) in [5.74, 6) is -0.559. The van der Waals surface area contributed by atoms with Crippen LogP contribution in [0.3, 0.4) is 0 Å². The van der Waals surface area contributed by atoms with Gasteiger partial charge >= 0.3 is 5.97 Å². The molecule has 0 saturated carbocycles. The summed E-state index contributed by atoms with van der Waals surface area (Å²) in [6.45, 7) is 2.33. The number of anilines is 1. The Morgan fingerprint density at radius 2 is 2.13 bits per heavy atom. The van der Waals surface area contributed by atoms with Crippen molar-refractivity contribution in [3.8, 4) is 0 Å². The maximum Gasteiger partial charge on any atom is 0.354 e. The van der Waals surface area contributed by atoms with Crippen molar-refractivity contribution in [1.82, 2.24) is 4.98 Å². The van der Waals surface area contributed by atoms with E-state index >= 15 is 0 Å². The molecule has 0 aliphatic rings. The number of thiophene rings is 1. The predicted octanol–water partition coefficient (Wildman–Crippen LogP) is 4.05. The molecular weight excluding hydrogens is 312 g/mol. The van der Waals surface area contributed by atoms with Crippen molar-refractivity contribution in [2.45, 2.75) is 13.3 Å². The summed E-state index contributed by atoms with van der Waals surface area (Å²) in [6, 6.07) is 10.8. The zero-order valence-corrected chi connectivity index (χ0v) is 13.4. The Hall–Kier alpha value is -2.60. The van der Waals surface area contributed by atoms with Gasteiger partial charge in [0.15, 0.2) is 0 Å². The maximum absolute atomic E-state index is 12.2. The van der Waals surface area contributed by atoms with E-state index in [1.165, 1.54) is 11.3 Å². The first-order valence-electron chi connectivity index (χ1n) is 7.32. The van der Waals surface area contributed by atoms with Crippen LogP contribution in [0.1, 0.15) is 33.5 Å². The standard InChI is InChI=1S/C17H16N2O3S/c1-2-8-22-17(21)13-10-11-5-3-6-12(15(11)18-13)19-16(20)14-7-4-9-23-14/h3-7,9-10,18H,2,8H2,1H3,(H,19,20). The van der Waals surface area contributed by atoms with E-state index in [2.05, 4.69) is 10.3 Å². The number of nitrogens with one attached hydrogen (secondary N) is 2. The summed E-state index contributed by atoms with van der Waals surface area (Å²) in [5.41, 5.74) is 1.72. The van der Waals surface area contributed by atoms with Crippen LogP contribution in [0.2, 0.25) is 0 Å². The average molecular weight is 328 g/mol. The second kappa shape index (κ2) is 6.66. The summed E-state index contributed by atoms with van der Waals surface area (Å²) >= 11 is 1.38. The zero-order chi connectivity index (χ0) is 16.2. The SMILES string of the molecule is CCCOC(=O)c1cc2cccc(NC(=O)c3cccs3)c2[nH]1. The van der Waals surface area contributed by atoms with Gasteiger partial charge < -0.3 is 15.0 Å². The fourth-order valence-electron chi connectivity index (χ4n) is 2.23. The molecule has 2 heterocycles. The van der Waals surface area contributed by atoms with E-state index in [0.717, 1.165) is 11.8 Å². The Balaban J connectivity index is 1.88. The van der Waals surface area contributed by atoms with Crippen LogP contribution in [0.4, 0.5) is 5.69 Å². The van der Waals surface area contributed by atoms with Gasteiger partial charge in [0.1, 0.15) is 5.69 Å². The van der Waals surface area contributed by atoms with Crippen LogP contribution >= 0.6 is 11.3 Å². The Bertz CT molecular complexity index is 837. The Morgan fingerprint density at radius 1 is 1.26 bits per heavy atom. The lowest BCUT2D eigenvalue weighted by Gasteiger charge is -2.05. The van der Waals surface area contributed by atoms with Crippen molar-refractivity contribution in [2.24, 2.45) is 0 Å². The van der Waals surface area contributed by atoms with Gasteiger partial charge in [-0.05, 0) is 30.0 Å². The molecule has 1 aromatic carbocycles. The molecule has 0 saturated heterocycles. The highest BCUT2D eigenvalue weighted by molar-refractivity contribution is 7.12. The zero-order valence-electron chi connectivity index (χ0n) is 12.6. The van der Waals surface area contributed by atoms with Gasteiger partial charge in [-0.2, -0.15) is 0 Å². The van der Waals surface area contributed by atoms with Crippen LogP contribution in [0, 0.1) is 0 Å². The second-order valence-corrected chi connectivity index (χ2v) is 5.97. The third-order valence-corrected chi connectivity index (χ3v) is 4.18. The van der Waals surface area contributed by atoms with Crippen LogP contribution in [0.5, 0.6) is 0 Å². The monoisotopic (exact) mass is 328 g/mol. The maximum atomic E-state index is 12.2. The summed E-state index contributed by atoms with van der Waals surface area (Å²) in [4.78, 5) is 27.8. The highest BCUT2D eigenvalue weighted by atomic mass is 32.1. The molecule has 0 aliphatic heterocycles. The van der Waals surface area contributed by atoms with Gasteiger partial charge in [-0.3, -0.25) is 4.79 Å². The van der Waals surface area contributed by atoms with Crippen LogP contribution < -0.4 is 5.32 Å². The second-order valence-electron chi connectivity index (χ2n) is 5.02. The Kier molecular flexibility index (Phi) is 4.43. The number of hydrogen-bond donors (Lipinski definition) is 2. The number of para-hydroxylation sites is 1. The normalized spacial score (nSPS) is 10.7. The third kappa shape index (κ3) is 3.27. The average Bonchev–Trinajstić information content (AvgIpc) is 3.22. The van der Waals surface area contributed by atoms with E-state index in [1.807, 2.05) is 30.5 Å². The minimum absolute atomic E-state index is 0.169. The number of aromatic nitrogens is 1. The predicted molar refractivity (Wildman–Crippen MR) is 91.1 cm³/mol. The molecule has 0 spiro atoms. The van der Waals surface area contributed by atoms with Gasteiger partial charge in [-0.1, -0.05) is 25.1 Å². The molecule has 0 radical (unpaired) electrons. The minimum Gasteiger partial charge on any atom is -0.461 e. The quantitative estimate of drug-likeness (QED) is 0.694. The largest absolute Gasteiger partial charge is 0.461 e. The fourth-order valence-corrected chi connectivity index (χ4v) is 2.85. The number of aromatic amines is 1. The van der Waals surface area contributed by atoms with Gasteiger partial charge in [-0.15, -0.1) is 11.3 Å². The van der Waals surface area contributed by atoms with Crippen molar-refractivity contribution in [1.29, 1.82) is 0 Å². The number of ether oxygens (including phenoxy) is 1. The molecule has 0 unspecified atom stereocenters. The molecule has 2 N–H and O–H groups in total. The van der Waals surface area contributed by atoms with Crippen molar-refractivity contribution in [3.63, 3.8) is 0 Å². The lowest BCUT2D eigenvalue weighted by molar-refractivity contribution is 0.0499. The Morgan fingerprint density at radius 3 is 2.87 bits per heavy atom. The number of carbonyl (C=O) groups is 2. The van der Waals surface area contributed by atoms with Crippen LogP contribution in [0.25, 0.3) is 10.9 Å². The summed E-state index contributed by atoms with van der Waals surface area (Å²) in [5, 5.41) is 5.57. The molecule has 118 valence electrons. The van der Waals surface area contributed by atoms with Gasteiger partial charge in [0.2, 0.25) is 0 Å². The molecule has 0 fully saturated rings. The van der Waals surface area contributed by atoms with E-state index in [4.69, 9.17) is 4.74 Å². The first kappa shape index (κ1) is 15.3. The van der Waals surface area contributed by atoms with Crippen LogP contribution in [-0.2, 0) is 4.74 Å². The molecule has 3 aromatic rings. The molecular formula is C17H16N2O3S. The summed E-state index contributed by atoms with van der Waals surface area (Å²) in [6.07, 6.45) is 0.772. The molecule has 0 bridgehead atoms. The van der Waals surface area contributed by atoms with E-state index < -0.39 is 5.97 Å². The van der Waals surface area contributed by atoms with E-state index in [9.17, 15) is 9.59 Å². The van der Waals surface area contributed by atoms with Gasteiger partial charge in [0.25, 0.3) is 5.91 Å². The van der Waals surface area contributed by atoms with Gasteiger partial charge in [0.05, 0.1) is 22.7 Å². The lowest BCUT2D eigenvalue weighted by Crippen LogP contribution is -2.10. The first-order valence-corrected chi connectivity index (χ1v) is 8.20. The number of amides is 1. The number of hydrogen-bond acceptors (Lipinski definition) is 4. The molecule has 0 atom stereocenters.